The fraction of sp³-hybridized carbons (Fsp3) is 0.316. The summed E-state index contributed by atoms with van der Waals surface area (Å²) in [5.74, 6) is 0.996. The Morgan fingerprint density at radius 1 is 0.682 bits per heavy atom. The van der Waals surface area contributed by atoms with E-state index in [-0.39, 0.29) is 2.85 Å². The van der Waals surface area contributed by atoms with Gasteiger partial charge in [0.05, 0.1) is 11.4 Å². The van der Waals surface area contributed by atoms with Crippen LogP contribution in [0.1, 0.15) is 79.2 Å². The smallest absolute Gasteiger partial charge is 0.0739 e. The molecule has 4 heterocycles. The van der Waals surface area contributed by atoms with Crippen LogP contribution in [0.4, 0.5) is 0 Å². The molecule has 0 bridgehead atoms. The van der Waals surface area contributed by atoms with Gasteiger partial charge in [0.1, 0.15) is 0 Å². The van der Waals surface area contributed by atoms with Gasteiger partial charge in [-0.3, -0.25) is 9.97 Å². The fourth-order valence-corrected chi connectivity index (χ4v) is 7.77. The maximum atomic E-state index is 6.23. The van der Waals surface area contributed by atoms with E-state index in [1.54, 1.807) is 0 Å². The first-order valence-corrected chi connectivity index (χ1v) is 16.7. The third-order valence-electron chi connectivity index (χ3n) is 9.54. The number of hydrogen-bond donors (Lipinski definition) is 2. The van der Waals surface area contributed by atoms with Gasteiger partial charge < -0.3 is 10.6 Å². The van der Waals surface area contributed by atoms with Crippen LogP contribution in [0.25, 0.3) is 17.7 Å². The van der Waals surface area contributed by atoms with E-state index < -0.39 is 0 Å². The van der Waals surface area contributed by atoms with Crippen LogP contribution < -0.4 is 10.6 Å². The summed E-state index contributed by atoms with van der Waals surface area (Å²) in [6.45, 7) is 4.31. The maximum Gasteiger partial charge on any atom is 0.0739 e. The molecule has 44 heavy (non-hydrogen) atoms. The van der Waals surface area contributed by atoms with Crippen LogP contribution in [0.5, 0.6) is 0 Å². The first kappa shape index (κ1) is 29.4. The molecule has 8 rings (SSSR count). The average Bonchev–Trinajstić information content (AvgIpc) is 3.33. The summed E-state index contributed by atoms with van der Waals surface area (Å²) < 4.78 is 0. The molecular weight excluding hydrogens is 583 g/mol. The van der Waals surface area contributed by atoms with Crippen molar-refractivity contribution in [1.82, 2.24) is 20.6 Å². The van der Waals surface area contributed by atoms with Gasteiger partial charge in [-0.25, -0.2) is 0 Å². The zero-order valence-electron chi connectivity index (χ0n) is 25.0. The molecule has 2 aromatic heterocycles. The van der Waals surface area contributed by atoms with Crippen molar-refractivity contribution in [3.05, 3.63) is 133 Å². The van der Waals surface area contributed by atoms with Crippen molar-refractivity contribution in [1.29, 1.82) is 0 Å². The van der Waals surface area contributed by atoms with Crippen LogP contribution in [-0.4, -0.2) is 36.1 Å². The predicted molar refractivity (Wildman–Crippen MR) is 188 cm³/mol. The van der Waals surface area contributed by atoms with E-state index >= 15 is 0 Å². The fourth-order valence-electron chi connectivity index (χ4n) is 7.40. The van der Waals surface area contributed by atoms with E-state index in [2.05, 4.69) is 59.2 Å². The van der Waals surface area contributed by atoms with Crippen LogP contribution in [0, 0.1) is 5.92 Å². The number of benzene rings is 2. The van der Waals surface area contributed by atoms with Gasteiger partial charge in [0.15, 0.2) is 0 Å². The van der Waals surface area contributed by atoms with Gasteiger partial charge in [-0.1, -0.05) is 65.2 Å². The number of fused-ring (bicyclic) bond motifs is 4. The number of rotatable bonds is 1. The minimum Gasteiger partial charge on any atom is -0.317 e. The van der Waals surface area contributed by atoms with Crippen molar-refractivity contribution >= 4 is 40.9 Å². The van der Waals surface area contributed by atoms with Gasteiger partial charge in [-0.15, -0.1) is 0 Å². The zero-order valence-corrected chi connectivity index (χ0v) is 26.5. The molecule has 0 amide bonds. The molecule has 0 spiro atoms. The van der Waals surface area contributed by atoms with Gasteiger partial charge in [0, 0.05) is 36.8 Å². The molecule has 2 fully saturated rings. The molecule has 4 aliphatic rings. The summed E-state index contributed by atoms with van der Waals surface area (Å²) in [6, 6.07) is 21.1. The second-order valence-electron chi connectivity index (χ2n) is 12.2. The van der Waals surface area contributed by atoms with E-state index in [1.807, 2.05) is 36.7 Å². The molecule has 228 valence electrons. The lowest BCUT2D eigenvalue weighted by Gasteiger charge is -2.31. The number of nitrogens with zero attached hydrogens (tertiary/aromatic N) is 2. The van der Waals surface area contributed by atoms with E-state index in [0.717, 1.165) is 61.9 Å². The van der Waals surface area contributed by atoms with E-state index in [0.29, 0.717) is 11.8 Å². The number of nitrogens with one attached hydrogen (secondary N) is 2. The highest BCUT2D eigenvalue weighted by molar-refractivity contribution is 6.31. The second kappa shape index (κ2) is 13.4. The van der Waals surface area contributed by atoms with Crippen molar-refractivity contribution in [3.63, 3.8) is 0 Å². The molecular formula is C38H42Cl2N4. The minimum atomic E-state index is 0. The molecule has 1 unspecified atom stereocenters. The van der Waals surface area contributed by atoms with Crippen molar-refractivity contribution in [3.8, 4) is 0 Å². The summed E-state index contributed by atoms with van der Waals surface area (Å²) >= 11 is 12.4. The Hall–Kier alpha value is -3.28. The van der Waals surface area contributed by atoms with Crippen LogP contribution in [0.3, 0.4) is 0 Å². The minimum absolute atomic E-state index is 0. The molecule has 2 aliphatic heterocycles. The number of aryl methyl sites for hydroxylation is 2. The molecule has 4 nitrogen and oxygen atoms in total. The topological polar surface area (TPSA) is 49.8 Å². The third-order valence-corrected chi connectivity index (χ3v) is 10.0. The first-order valence-electron chi connectivity index (χ1n) is 15.9. The first-order chi connectivity index (χ1) is 21.7. The number of piperidine rings is 2. The number of halogens is 2. The quantitative estimate of drug-likeness (QED) is 0.222. The molecule has 0 saturated carbocycles. The summed E-state index contributed by atoms with van der Waals surface area (Å²) in [6.07, 6.45) is 14.9. The number of hydrogen-bond acceptors (Lipinski definition) is 4. The maximum absolute atomic E-state index is 6.23. The molecule has 0 radical (unpaired) electrons. The van der Waals surface area contributed by atoms with Crippen molar-refractivity contribution in [2.24, 2.45) is 5.92 Å². The molecule has 2 saturated heterocycles. The lowest BCUT2D eigenvalue weighted by atomic mass is 9.76. The Kier molecular flexibility index (Phi) is 8.95. The van der Waals surface area contributed by atoms with Crippen molar-refractivity contribution in [2.45, 2.75) is 44.4 Å². The van der Waals surface area contributed by atoms with Gasteiger partial charge in [-0.2, -0.15) is 0 Å². The van der Waals surface area contributed by atoms with Crippen LogP contribution in [-0.2, 0) is 12.8 Å². The Morgan fingerprint density at radius 2 is 1.39 bits per heavy atom. The Balaban J connectivity index is 0.000000174. The molecule has 2 N–H and O–H groups in total. The standard InChI is InChI=1S/2C19H19ClN2.2H2/c2*20-16-5-6-17-15(12-16)4-3-14-2-1-9-22-19(14)18(17)13-7-10-21-11-8-13;;/h1-2,5-6,9,12,21H,3-4,7-8,10-11H2;1-6,9,12-13,18,21H,7-8,10-11H2;2*1H. The zero-order chi connectivity index (χ0) is 29.9. The lowest BCUT2D eigenvalue weighted by molar-refractivity contribution is 0.339. The van der Waals surface area contributed by atoms with Crippen molar-refractivity contribution in [2.75, 3.05) is 26.2 Å². The highest BCUT2D eigenvalue weighted by Gasteiger charge is 2.31. The van der Waals surface area contributed by atoms with Crippen LogP contribution in [0.2, 0.25) is 10.0 Å². The average molecular weight is 626 g/mol. The molecule has 2 aromatic carbocycles. The summed E-state index contributed by atoms with van der Waals surface area (Å²) in [5.41, 5.74) is 13.2. The van der Waals surface area contributed by atoms with Gasteiger partial charge in [0.25, 0.3) is 0 Å². The lowest BCUT2D eigenvalue weighted by Crippen LogP contribution is -2.31. The monoisotopic (exact) mass is 624 g/mol. The molecule has 4 aromatic rings. The SMILES string of the molecule is Clc1ccc2c(c1)C=Cc1cccnc1C2C1CCNCC1.Clc1ccc2c(c1)CCc1cccnc1C2=C1CCNCC1.[HH].[HH]. The second-order valence-corrected chi connectivity index (χ2v) is 13.1. The highest BCUT2D eigenvalue weighted by atomic mass is 35.5. The molecule has 2 aliphatic carbocycles. The Labute approximate surface area is 273 Å². The van der Waals surface area contributed by atoms with Gasteiger partial charge in [-0.05, 0) is 140 Å². The molecule has 1 atom stereocenters. The summed E-state index contributed by atoms with van der Waals surface area (Å²) in [7, 11) is 0. The molecule has 6 heteroatoms. The predicted octanol–water partition coefficient (Wildman–Crippen LogP) is 8.86. The Bertz CT molecular complexity index is 1720. The van der Waals surface area contributed by atoms with E-state index in [9.17, 15) is 0 Å². The largest absolute Gasteiger partial charge is 0.317 e. The highest BCUT2D eigenvalue weighted by Crippen LogP contribution is 2.42. The summed E-state index contributed by atoms with van der Waals surface area (Å²) in [5, 5.41) is 8.54. The number of aromatic nitrogens is 2. The normalized spacial score (nSPS) is 19.4. The van der Waals surface area contributed by atoms with Crippen LogP contribution in [0.15, 0.2) is 78.6 Å². The van der Waals surface area contributed by atoms with E-state index in [4.69, 9.17) is 33.2 Å². The van der Waals surface area contributed by atoms with Crippen LogP contribution >= 0.6 is 23.2 Å². The third kappa shape index (κ3) is 6.14. The van der Waals surface area contributed by atoms with Crippen molar-refractivity contribution < 1.29 is 2.85 Å². The van der Waals surface area contributed by atoms with Gasteiger partial charge >= 0.3 is 0 Å². The van der Waals surface area contributed by atoms with Gasteiger partial charge in [0.2, 0.25) is 0 Å². The van der Waals surface area contributed by atoms with E-state index in [1.165, 1.54) is 68.8 Å². The number of pyridine rings is 2. The Morgan fingerprint density at radius 3 is 2.25 bits per heavy atom. The summed E-state index contributed by atoms with van der Waals surface area (Å²) in [4.78, 5) is 9.50.